The molecule has 0 aromatic carbocycles. The summed E-state index contributed by atoms with van der Waals surface area (Å²) in [6.07, 6.45) is 14.6. The van der Waals surface area contributed by atoms with Gasteiger partial charge in [0.25, 0.3) is 0 Å². The third-order valence-electron chi connectivity index (χ3n) is 3.68. The first-order valence-corrected chi connectivity index (χ1v) is 9.15. The van der Waals surface area contributed by atoms with E-state index in [-0.39, 0.29) is 0 Å². The maximum atomic E-state index is 5.31. The molecule has 0 saturated carbocycles. The van der Waals surface area contributed by atoms with Crippen LogP contribution < -0.4 is 10.6 Å². The zero-order valence-electron chi connectivity index (χ0n) is 14.0. The van der Waals surface area contributed by atoms with Gasteiger partial charge in [-0.3, -0.25) is 0 Å². The fraction of sp³-hybridized carbons (Fsp3) is 0.941. The molecule has 0 heterocycles. The Labute approximate surface area is 132 Å². The van der Waals surface area contributed by atoms with Gasteiger partial charge in [-0.2, -0.15) is 0 Å². The molecule has 2 N–H and O–H groups in total. The van der Waals surface area contributed by atoms with Crippen molar-refractivity contribution in [3.8, 4) is 0 Å². The van der Waals surface area contributed by atoms with Gasteiger partial charge in [-0.05, 0) is 32.0 Å². The van der Waals surface area contributed by atoms with Crippen LogP contribution in [0.2, 0.25) is 0 Å². The maximum Gasteiger partial charge on any atom is 0.166 e. The van der Waals surface area contributed by atoms with Crippen LogP contribution >= 0.6 is 12.2 Å². The zero-order valence-corrected chi connectivity index (χ0v) is 14.8. The van der Waals surface area contributed by atoms with E-state index in [2.05, 4.69) is 31.4 Å². The Kier molecular flexibility index (Phi) is 14.9. The van der Waals surface area contributed by atoms with Crippen molar-refractivity contribution in [3.63, 3.8) is 0 Å². The van der Waals surface area contributed by atoms with Crippen molar-refractivity contribution >= 4 is 17.3 Å². The molecule has 20 heavy (non-hydrogen) atoms. The van der Waals surface area contributed by atoms with Gasteiger partial charge in [-0.1, -0.05) is 71.6 Å². The van der Waals surface area contributed by atoms with Crippen LogP contribution in [0.3, 0.4) is 0 Å². The molecule has 0 fully saturated rings. The van der Waals surface area contributed by atoms with Crippen molar-refractivity contribution in [2.75, 3.05) is 6.54 Å². The number of unbranched alkanes of at least 4 members (excludes halogenated alkanes) is 8. The van der Waals surface area contributed by atoms with Gasteiger partial charge in [-0.15, -0.1) is 0 Å². The largest absolute Gasteiger partial charge is 0.363 e. The van der Waals surface area contributed by atoms with Crippen molar-refractivity contribution in [2.24, 2.45) is 0 Å². The van der Waals surface area contributed by atoms with Crippen molar-refractivity contribution in [2.45, 2.75) is 97.4 Å². The van der Waals surface area contributed by atoms with Crippen LogP contribution in [-0.4, -0.2) is 17.7 Å². The monoisotopic (exact) mass is 300 g/mol. The van der Waals surface area contributed by atoms with E-state index in [4.69, 9.17) is 12.2 Å². The molecular weight excluding hydrogens is 264 g/mol. The Bertz CT molecular complexity index is 219. The van der Waals surface area contributed by atoms with Gasteiger partial charge in [-0.25, -0.2) is 0 Å². The second-order valence-corrected chi connectivity index (χ2v) is 6.33. The van der Waals surface area contributed by atoms with Gasteiger partial charge in [0.2, 0.25) is 0 Å². The summed E-state index contributed by atoms with van der Waals surface area (Å²) in [4.78, 5) is 0. The minimum absolute atomic E-state index is 0.494. The molecule has 0 aliphatic heterocycles. The van der Waals surface area contributed by atoms with E-state index in [1.165, 1.54) is 70.6 Å². The number of hydrogen-bond donors (Lipinski definition) is 2. The second kappa shape index (κ2) is 15.1. The van der Waals surface area contributed by atoms with Gasteiger partial charge in [0.05, 0.1) is 0 Å². The predicted octanol–water partition coefficient (Wildman–Crippen LogP) is 5.17. The lowest BCUT2D eigenvalue weighted by atomic mass is 10.1. The highest BCUT2D eigenvalue weighted by atomic mass is 32.1. The van der Waals surface area contributed by atoms with Crippen LogP contribution in [0.1, 0.15) is 91.4 Å². The standard InChI is InChI=1S/C17H36N2S/c1-4-6-8-9-10-11-12-13-15-18-17(20)19-16(3)14-7-5-2/h16H,4-15H2,1-3H3,(H2,18,19,20). The number of rotatable bonds is 13. The highest BCUT2D eigenvalue weighted by molar-refractivity contribution is 7.80. The van der Waals surface area contributed by atoms with Crippen molar-refractivity contribution in [1.82, 2.24) is 10.6 Å². The second-order valence-electron chi connectivity index (χ2n) is 5.92. The van der Waals surface area contributed by atoms with Crippen LogP contribution in [-0.2, 0) is 0 Å². The Morgan fingerprint density at radius 2 is 1.40 bits per heavy atom. The first-order chi connectivity index (χ1) is 9.70. The van der Waals surface area contributed by atoms with Gasteiger partial charge >= 0.3 is 0 Å². The lowest BCUT2D eigenvalue weighted by molar-refractivity contribution is 0.556. The summed E-state index contributed by atoms with van der Waals surface area (Å²) >= 11 is 5.31. The molecule has 1 unspecified atom stereocenters. The van der Waals surface area contributed by atoms with Gasteiger partial charge in [0, 0.05) is 12.6 Å². The molecule has 0 saturated heterocycles. The number of nitrogens with one attached hydrogen (secondary N) is 2. The van der Waals surface area contributed by atoms with E-state index in [1.807, 2.05) is 0 Å². The van der Waals surface area contributed by atoms with E-state index in [1.54, 1.807) is 0 Å². The van der Waals surface area contributed by atoms with Crippen molar-refractivity contribution < 1.29 is 0 Å². The molecule has 0 aromatic rings. The minimum Gasteiger partial charge on any atom is -0.363 e. The van der Waals surface area contributed by atoms with E-state index in [9.17, 15) is 0 Å². The lowest BCUT2D eigenvalue weighted by Crippen LogP contribution is -2.40. The Morgan fingerprint density at radius 1 is 0.850 bits per heavy atom. The molecule has 120 valence electrons. The highest BCUT2D eigenvalue weighted by Gasteiger charge is 2.02. The number of hydrogen-bond acceptors (Lipinski definition) is 1. The first kappa shape index (κ1) is 19.7. The maximum absolute atomic E-state index is 5.31. The summed E-state index contributed by atoms with van der Waals surface area (Å²) in [7, 11) is 0. The van der Waals surface area contributed by atoms with Crippen LogP contribution in [0, 0.1) is 0 Å². The predicted molar refractivity (Wildman–Crippen MR) is 95.3 cm³/mol. The molecule has 0 rings (SSSR count). The van der Waals surface area contributed by atoms with Crippen LogP contribution in [0.5, 0.6) is 0 Å². The van der Waals surface area contributed by atoms with E-state index >= 15 is 0 Å². The fourth-order valence-corrected chi connectivity index (χ4v) is 2.62. The third kappa shape index (κ3) is 14.1. The molecule has 0 aliphatic carbocycles. The zero-order chi connectivity index (χ0) is 15.1. The van der Waals surface area contributed by atoms with Gasteiger partial charge in [0.1, 0.15) is 0 Å². The van der Waals surface area contributed by atoms with Gasteiger partial charge < -0.3 is 10.6 Å². The molecule has 0 amide bonds. The fourth-order valence-electron chi connectivity index (χ4n) is 2.32. The van der Waals surface area contributed by atoms with E-state index in [0.29, 0.717) is 6.04 Å². The topological polar surface area (TPSA) is 24.1 Å². The molecule has 3 heteroatoms. The molecule has 0 aromatic heterocycles. The summed E-state index contributed by atoms with van der Waals surface area (Å²) in [5.74, 6) is 0. The minimum atomic E-state index is 0.494. The molecule has 2 nitrogen and oxygen atoms in total. The van der Waals surface area contributed by atoms with E-state index < -0.39 is 0 Å². The molecule has 0 bridgehead atoms. The summed E-state index contributed by atoms with van der Waals surface area (Å²) in [5.41, 5.74) is 0. The number of thiocarbonyl (C=S) groups is 1. The van der Waals surface area contributed by atoms with Crippen LogP contribution in [0.4, 0.5) is 0 Å². The van der Waals surface area contributed by atoms with Crippen molar-refractivity contribution in [3.05, 3.63) is 0 Å². The summed E-state index contributed by atoms with van der Waals surface area (Å²) in [5, 5.41) is 7.51. The van der Waals surface area contributed by atoms with Crippen molar-refractivity contribution in [1.29, 1.82) is 0 Å². The quantitative estimate of drug-likeness (QED) is 0.362. The molecule has 0 spiro atoms. The summed E-state index contributed by atoms with van der Waals surface area (Å²) in [6, 6.07) is 0.494. The molecule has 0 aliphatic rings. The first-order valence-electron chi connectivity index (χ1n) is 8.75. The van der Waals surface area contributed by atoms with Gasteiger partial charge in [0.15, 0.2) is 5.11 Å². The van der Waals surface area contributed by atoms with Crippen LogP contribution in [0.25, 0.3) is 0 Å². The average Bonchev–Trinajstić information content (AvgIpc) is 2.43. The highest BCUT2D eigenvalue weighted by Crippen LogP contribution is 2.07. The SMILES string of the molecule is CCCCCCCCCCNC(=S)NC(C)CCCC. The Balaban J connectivity index is 3.26. The Hall–Kier alpha value is -0.310. The molecular formula is C17H36N2S. The lowest BCUT2D eigenvalue weighted by Gasteiger charge is -2.16. The normalized spacial score (nSPS) is 12.2. The molecule has 1 atom stereocenters. The summed E-state index contributed by atoms with van der Waals surface area (Å²) < 4.78 is 0. The average molecular weight is 301 g/mol. The smallest absolute Gasteiger partial charge is 0.166 e. The molecule has 0 radical (unpaired) electrons. The Morgan fingerprint density at radius 3 is 2.00 bits per heavy atom. The van der Waals surface area contributed by atoms with E-state index in [0.717, 1.165) is 11.7 Å². The third-order valence-corrected chi connectivity index (χ3v) is 3.95. The summed E-state index contributed by atoms with van der Waals surface area (Å²) in [6.45, 7) is 7.72. The van der Waals surface area contributed by atoms with Crippen LogP contribution in [0.15, 0.2) is 0 Å².